The van der Waals surface area contributed by atoms with Gasteiger partial charge in [-0.1, -0.05) is 17.8 Å². The van der Waals surface area contributed by atoms with Gasteiger partial charge >= 0.3 is 0 Å². The second kappa shape index (κ2) is 5.62. The van der Waals surface area contributed by atoms with Crippen molar-refractivity contribution in [1.29, 1.82) is 0 Å². The van der Waals surface area contributed by atoms with Crippen LogP contribution in [0.2, 0.25) is 0 Å². The lowest BCUT2D eigenvalue weighted by molar-refractivity contribution is 0.734. The van der Waals surface area contributed by atoms with Gasteiger partial charge < -0.3 is 5.73 Å². The van der Waals surface area contributed by atoms with Gasteiger partial charge in [-0.3, -0.25) is 0 Å². The minimum atomic E-state index is 0.204. The van der Waals surface area contributed by atoms with Gasteiger partial charge in [0.05, 0.1) is 0 Å². The summed E-state index contributed by atoms with van der Waals surface area (Å²) in [5, 5.41) is 0. The van der Waals surface area contributed by atoms with Crippen molar-refractivity contribution in [2.75, 3.05) is 0 Å². The van der Waals surface area contributed by atoms with Crippen LogP contribution in [0.25, 0.3) is 0 Å². The maximum absolute atomic E-state index is 5.82. The third kappa shape index (κ3) is 3.52. The fourth-order valence-corrected chi connectivity index (χ4v) is 3.14. The van der Waals surface area contributed by atoms with E-state index in [1.165, 1.54) is 27.6 Å². The van der Waals surface area contributed by atoms with Crippen molar-refractivity contribution in [3.63, 3.8) is 0 Å². The molecule has 0 fully saturated rings. The van der Waals surface area contributed by atoms with Gasteiger partial charge in [-0.2, -0.15) is 4.37 Å². The van der Waals surface area contributed by atoms with E-state index in [2.05, 4.69) is 34.5 Å². The predicted octanol–water partition coefficient (Wildman–Crippen LogP) is 2.89. The highest BCUT2D eigenvalue weighted by Crippen LogP contribution is 2.29. The first-order chi connectivity index (χ1) is 8.15. The molecule has 1 aromatic carbocycles. The van der Waals surface area contributed by atoms with E-state index in [-0.39, 0.29) is 6.04 Å². The van der Waals surface area contributed by atoms with Crippen LogP contribution < -0.4 is 5.73 Å². The highest BCUT2D eigenvalue weighted by molar-refractivity contribution is 8.01. The van der Waals surface area contributed by atoms with E-state index in [4.69, 9.17) is 5.73 Å². The monoisotopic (exact) mass is 265 g/mol. The Balaban J connectivity index is 2.13. The molecule has 0 spiro atoms. The lowest BCUT2D eigenvalue weighted by Gasteiger charge is -2.09. The first-order valence-electron chi connectivity index (χ1n) is 5.45. The zero-order valence-electron chi connectivity index (χ0n) is 9.88. The number of nitrogens with two attached hydrogens (primary N) is 1. The molecule has 90 valence electrons. The van der Waals surface area contributed by atoms with Crippen molar-refractivity contribution >= 4 is 23.3 Å². The van der Waals surface area contributed by atoms with E-state index in [0.717, 1.165) is 10.8 Å². The predicted molar refractivity (Wildman–Crippen MR) is 72.6 cm³/mol. The number of rotatable bonds is 4. The molecule has 0 aliphatic carbocycles. The second-order valence-electron chi connectivity index (χ2n) is 4.08. The quantitative estimate of drug-likeness (QED) is 0.923. The Morgan fingerprint density at radius 1 is 1.47 bits per heavy atom. The van der Waals surface area contributed by atoms with Gasteiger partial charge in [-0.25, -0.2) is 4.98 Å². The molecule has 2 aromatic rings. The first-order valence-corrected chi connectivity index (χ1v) is 7.04. The summed E-state index contributed by atoms with van der Waals surface area (Å²) in [7, 11) is 0. The largest absolute Gasteiger partial charge is 0.328 e. The van der Waals surface area contributed by atoms with Gasteiger partial charge in [0, 0.05) is 10.9 Å². The van der Waals surface area contributed by atoms with Crippen LogP contribution in [-0.4, -0.2) is 15.4 Å². The molecule has 0 aliphatic heterocycles. The van der Waals surface area contributed by atoms with Crippen LogP contribution in [0.5, 0.6) is 0 Å². The summed E-state index contributed by atoms with van der Waals surface area (Å²) < 4.78 is 4.97. The van der Waals surface area contributed by atoms with Crippen molar-refractivity contribution in [1.82, 2.24) is 9.36 Å². The summed E-state index contributed by atoms with van der Waals surface area (Å²) in [6.07, 6.45) is 2.51. The fourth-order valence-electron chi connectivity index (χ4n) is 1.62. The van der Waals surface area contributed by atoms with Crippen LogP contribution in [0.15, 0.2) is 33.8 Å². The van der Waals surface area contributed by atoms with Crippen LogP contribution >= 0.6 is 23.3 Å². The Morgan fingerprint density at radius 3 is 2.88 bits per heavy atom. The fraction of sp³-hybridized carbons (Fsp3) is 0.333. The average molecular weight is 265 g/mol. The number of hydrogen-bond acceptors (Lipinski definition) is 5. The highest BCUT2D eigenvalue weighted by atomic mass is 32.2. The number of aromatic nitrogens is 2. The van der Waals surface area contributed by atoms with Gasteiger partial charge in [0.2, 0.25) is 0 Å². The first kappa shape index (κ1) is 12.5. The molecule has 0 saturated carbocycles. The second-order valence-corrected chi connectivity index (χ2v) is 6.18. The summed E-state index contributed by atoms with van der Waals surface area (Å²) >= 11 is 3.07. The van der Waals surface area contributed by atoms with E-state index in [9.17, 15) is 0 Å². The number of nitrogens with zero attached hydrogens (tertiary/aromatic N) is 2. The SMILES string of the molecule is Cc1cc(Sc2ncns2)ccc1CC(C)N. The third-order valence-electron chi connectivity index (χ3n) is 2.40. The van der Waals surface area contributed by atoms with E-state index in [0.29, 0.717) is 0 Å². The van der Waals surface area contributed by atoms with E-state index in [1.54, 1.807) is 18.1 Å². The minimum absolute atomic E-state index is 0.204. The van der Waals surface area contributed by atoms with Crippen molar-refractivity contribution in [3.8, 4) is 0 Å². The standard InChI is InChI=1S/C12H15N3S2/c1-8-5-11(16-12-14-7-15-17-12)4-3-10(8)6-9(2)13/h3-5,7,9H,6,13H2,1-2H3. The number of hydrogen-bond donors (Lipinski definition) is 1. The maximum Gasteiger partial charge on any atom is 0.174 e. The van der Waals surface area contributed by atoms with Crippen molar-refractivity contribution in [2.24, 2.45) is 5.73 Å². The van der Waals surface area contributed by atoms with Crippen LogP contribution in [0.1, 0.15) is 18.1 Å². The number of benzene rings is 1. The van der Waals surface area contributed by atoms with Crippen LogP contribution in [0.4, 0.5) is 0 Å². The molecule has 0 bridgehead atoms. The summed E-state index contributed by atoms with van der Waals surface area (Å²) in [5.74, 6) is 0. The van der Waals surface area contributed by atoms with E-state index < -0.39 is 0 Å². The third-order valence-corrected chi connectivity index (χ3v) is 4.11. The molecule has 2 rings (SSSR count). The van der Waals surface area contributed by atoms with Crippen LogP contribution in [0, 0.1) is 6.92 Å². The molecule has 1 heterocycles. The molecule has 1 aromatic heterocycles. The average Bonchev–Trinajstić information content (AvgIpc) is 2.74. The highest BCUT2D eigenvalue weighted by Gasteiger charge is 2.05. The Kier molecular flexibility index (Phi) is 4.15. The van der Waals surface area contributed by atoms with Gasteiger partial charge in [-0.15, -0.1) is 0 Å². The molecule has 0 radical (unpaired) electrons. The molecule has 0 amide bonds. The normalized spacial score (nSPS) is 12.6. The molecular weight excluding hydrogens is 250 g/mol. The zero-order chi connectivity index (χ0) is 12.3. The Bertz CT molecular complexity index is 481. The molecule has 1 unspecified atom stereocenters. The Hall–Kier alpha value is -0.910. The van der Waals surface area contributed by atoms with E-state index >= 15 is 0 Å². The van der Waals surface area contributed by atoms with Gasteiger partial charge in [0.1, 0.15) is 6.33 Å². The van der Waals surface area contributed by atoms with Crippen molar-refractivity contribution < 1.29 is 0 Å². The summed E-state index contributed by atoms with van der Waals surface area (Å²) in [5.41, 5.74) is 8.43. The Morgan fingerprint density at radius 2 is 2.29 bits per heavy atom. The molecule has 17 heavy (non-hydrogen) atoms. The van der Waals surface area contributed by atoms with Crippen LogP contribution in [0.3, 0.4) is 0 Å². The lowest BCUT2D eigenvalue weighted by Crippen LogP contribution is -2.18. The Labute approximate surface area is 110 Å². The molecule has 2 N–H and O–H groups in total. The van der Waals surface area contributed by atoms with Crippen molar-refractivity contribution in [2.45, 2.75) is 35.5 Å². The van der Waals surface area contributed by atoms with Crippen molar-refractivity contribution in [3.05, 3.63) is 35.7 Å². The van der Waals surface area contributed by atoms with Crippen LogP contribution in [-0.2, 0) is 6.42 Å². The van der Waals surface area contributed by atoms with Gasteiger partial charge in [0.15, 0.2) is 4.34 Å². The summed E-state index contributed by atoms with van der Waals surface area (Å²) in [4.78, 5) is 5.36. The number of aryl methyl sites for hydroxylation is 1. The molecule has 5 heteroatoms. The zero-order valence-corrected chi connectivity index (χ0v) is 11.5. The molecule has 0 saturated heterocycles. The molecular formula is C12H15N3S2. The van der Waals surface area contributed by atoms with Gasteiger partial charge in [0.25, 0.3) is 0 Å². The minimum Gasteiger partial charge on any atom is -0.328 e. The maximum atomic E-state index is 5.82. The lowest BCUT2D eigenvalue weighted by atomic mass is 10.0. The smallest absolute Gasteiger partial charge is 0.174 e. The molecule has 0 aliphatic rings. The molecule has 1 atom stereocenters. The van der Waals surface area contributed by atoms with E-state index in [1.807, 2.05) is 6.92 Å². The molecule has 3 nitrogen and oxygen atoms in total. The van der Waals surface area contributed by atoms with Gasteiger partial charge in [-0.05, 0) is 55.1 Å². The summed E-state index contributed by atoms with van der Waals surface area (Å²) in [6.45, 7) is 4.16. The topological polar surface area (TPSA) is 51.8 Å². The summed E-state index contributed by atoms with van der Waals surface area (Å²) in [6, 6.07) is 6.66.